The van der Waals surface area contributed by atoms with Crippen LogP contribution in [-0.2, 0) is 0 Å². The number of aryl methyl sites for hydroxylation is 1. The number of anilines is 3. The molecule has 0 atom stereocenters. The monoisotopic (exact) mass is 327 g/mol. The molecule has 0 spiro atoms. The predicted octanol–water partition coefficient (Wildman–Crippen LogP) is 3.09. The smallest absolute Gasteiger partial charge is 0.224 e. The molecule has 0 unspecified atom stereocenters. The molecule has 24 heavy (non-hydrogen) atoms. The third-order valence-electron chi connectivity index (χ3n) is 3.46. The lowest BCUT2D eigenvalue weighted by molar-refractivity contribution is 0.101. The molecule has 6 nitrogen and oxygen atoms in total. The van der Waals surface area contributed by atoms with Gasteiger partial charge in [-0.05, 0) is 53.0 Å². The van der Waals surface area contributed by atoms with E-state index in [1.54, 1.807) is 13.0 Å². The van der Waals surface area contributed by atoms with Crippen molar-refractivity contribution in [1.82, 2.24) is 14.9 Å². The number of hydrogen-bond acceptors (Lipinski definition) is 6. The van der Waals surface area contributed by atoms with Crippen LogP contribution in [-0.4, -0.2) is 47.8 Å². The molecule has 2 N–H and O–H groups in total. The van der Waals surface area contributed by atoms with Crippen LogP contribution in [0.25, 0.3) is 0 Å². The topological polar surface area (TPSA) is 70.2 Å². The van der Waals surface area contributed by atoms with Crippen LogP contribution in [0.1, 0.15) is 29.4 Å². The summed E-state index contributed by atoms with van der Waals surface area (Å²) in [5, 5.41) is 6.49. The van der Waals surface area contributed by atoms with E-state index in [2.05, 4.69) is 39.6 Å². The molecule has 1 heterocycles. The number of ketones is 1. The molecule has 0 saturated carbocycles. The number of aromatic nitrogens is 2. The van der Waals surface area contributed by atoms with Crippen molar-refractivity contribution >= 4 is 23.2 Å². The number of nitrogens with zero attached hydrogens (tertiary/aromatic N) is 3. The van der Waals surface area contributed by atoms with E-state index < -0.39 is 0 Å². The third-order valence-corrected chi connectivity index (χ3v) is 3.46. The van der Waals surface area contributed by atoms with Crippen LogP contribution < -0.4 is 10.6 Å². The number of benzene rings is 1. The first-order valence-electron chi connectivity index (χ1n) is 8.06. The molecule has 2 rings (SSSR count). The zero-order valence-electron chi connectivity index (χ0n) is 14.8. The van der Waals surface area contributed by atoms with Crippen molar-refractivity contribution in [3.63, 3.8) is 0 Å². The number of hydrogen-bond donors (Lipinski definition) is 2. The average Bonchev–Trinajstić information content (AvgIpc) is 2.51. The SMILES string of the molecule is CC(=O)c1cccc(Nc2cc(C)nc(NCCCN(C)C)n2)c1. The molecule has 0 saturated heterocycles. The summed E-state index contributed by atoms with van der Waals surface area (Å²) in [7, 11) is 4.11. The molecule has 0 radical (unpaired) electrons. The Bertz CT molecular complexity index is 700. The fourth-order valence-corrected chi connectivity index (χ4v) is 2.27. The highest BCUT2D eigenvalue weighted by molar-refractivity contribution is 5.95. The standard InChI is InChI=1S/C18H25N5O/c1-13-11-17(21-16-8-5-7-15(12-16)14(2)24)22-18(20-13)19-9-6-10-23(3)4/h5,7-8,11-12H,6,9-10H2,1-4H3,(H2,19,20,21,22). The Hall–Kier alpha value is -2.47. The Balaban J connectivity index is 2.05. The molecule has 1 aromatic carbocycles. The van der Waals surface area contributed by atoms with Gasteiger partial charge in [0, 0.05) is 29.6 Å². The van der Waals surface area contributed by atoms with Crippen molar-refractivity contribution in [2.45, 2.75) is 20.3 Å². The molecular formula is C18H25N5O. The summed E-state index contributed by atoms with van der Waals surface area (Å²) in [6, 6.07) is 9.27. The lowest BCUT2D eigenvalue weighted by Crippen LogP contribution is -2.17. The Morgan fingerprint density at radius 3 is 2.71 bits per heavy atom. The molecule has 0 amide bonds. The van der Waals surface area contributed by atoms with E-state index in [4.69, 9.17) is 0 Å². The molecule has 2 aromatic rings. The van der Waals surface area contributed by atoms with E-state index in [0.29, 0.717) is 17.3 Å². The Labute approximate surface area is 143 Å². The van der Waals surface area contributed by atoms with E-state index in [0.717, 1.165) is 30.9 Å². The second-order valence-electron chi connectivity index (χ2n) is 6.06. The maximum absolute atomic E-state index is 11.5. The molecule has 1 aromatic heterocycles. The number of carbonyl (C=O) groups excluding carboxylic acids is 1. The number of carbonyl (C=O) groups is 1. The summed E-state index contributed by atoms with van der Waals surface area (Å²) in [5.74, 6) is 1.36. The first-order valence-corrected chi connectivity index (χ1v) is 8.06. The van der Waals surface area contributed by atoms with Crippen molar-refractivity contribution in [1.29, 1.82) is 0 Å². The van der Waals surface area contributed by atoms with Crippen LogP contribution in [0.3, 0.4) is 0 Å². The summed E-state index contributed by atoms with van der Waals surface area (Å²) >= 11 is 0. The highest BCUT2D eigenvalue weighted by Gasteiger charge is 2.05. The van der Waals surface area contributed by atoms with Gasteiger partial charge in [0.2, 0.25) is 5.95 Å². The fraction of sp³-hybridized carbons (Fsp3) is 0.389. The highest BCUT2D eigenvalue weighted by Crippen LogP contribution is 2.18. The molecule has 0 aliphatic heterocycles. The first-order chi connectivity index (χ1) is 11.4. The summed E-state index contributed by atoms with van der Waals surface area (Å²) < 4.78 is 0. The van der Waals surface area contributed by atoms with Gasteiger partial charge in [-0.3, -0.25) is 4.79 Å². The average molecular weight is 327 g/mol. The lowest BCUT2D eigenvalue weighted by atomic mass is 10.1. The van der Waals surface area contributed by atoms with Crippen LogP contribution in [0.15, 0.2) is 30.3 Å². The number of rotatable bonds is 8. The van der Waals surface area contributed by atoms with Gasteiger partial charge in [0.25, 0.3) is 0 Å². The van der Waals surface area contributed by atoms with E-state index in [1.807, 2.05) is 31.2 Å². The molecule has 0 aliphatic carbocycles. The zero-order chi connectivity index (χ0) is 17.5. The molecule has 0 aliphatic rings. The largest absolute Gasteiger partial charge is 0.354 e. The summed E-state index contributed by atoms with van der Waals surface area (Å²) in [5.41, 5.74) is 2.39. The van der Waals surface area contributed by atoms with Crippen LogP contribution in [0.5, 0.6) is 0 Å². The Morgan fingerprint density at radius 1 is 1.21 bits per heavy atom. The molecular weight excluding hydrogens is 302 g/mol. The van der Waals surface area contributed by atoms with Crippen molar-refractivity contribution in [2.75, 3.05) is 37.8 Å². The minimum absolute atomic E-state index is 0.0424. The van der Waals surface area contributed by atoms with Crippen LogP contribution in [0.4, 0.5) is 17.5 Å². The van der Waals surface area contributed by atoms with Gasteiger partial charge in [-0.1, -0.05) is 12.1 Å². The van der Waals surface area contributed by atoms with Gasteiger partial charge in [-0.25, -0.2) is 4.98 Å². The van der Waals surface area contributed by atoms with E-state index in [1.165, 1.54) is 0 Å². The number of Topliss-reactive ketones (excluding diaryl/α,β-unsaturated/α-hetero) is 1. The molecule has 0 bridgehead atoms. The van der Waals surface area contributed by atoms with Gasteiger partial charge in [0.05, 0.1) is 0 Å². The van der Waals surface area contributed by atoms with E-state index in [-0.39, 0.29) is 5.78 Å². The maximum Gasteiger partial charge on any atom is 0.224 e. The third kappa shape index (κ3) is 5.62. The molecule has 128 valence electrons. The van der Waals surface area contributed by atoms with Gasteiger partial charge >= 0.3 is 0 Å². The van der Waals surface area contributed by atoms with Crippen molar-refractivity contribution < 1.29 is 4.79 Å². The Morgan fingerprint density at radius 2 is 2.00 bits per heavy atom. The first kappa shape index (κ1) is 17.9. The lowest BCUT2D eigenvalue weighted by Gasteiger charge is -2.12. The van der Waals surface area contributed by atoms with Gasteiger partial charge in [0.15, 0.2) is 5.78 Å². The van der Waals surface area contributed by atoms with Gasteiger partial charge in [0.1, 0.15) is 5.82 Å². The van der Waals surface area contributed by atoms with Crippen molar-refractivity contribution in [3.8, 4) is 0 Å². The van der Waals surface area contributed by atoms with Crippen LogP contribution >= 0.6 is 0 Å². The highest BCUT2D eigenvalue weighted by atomic mass is 16.1. The molecule has 0 fully saturated rings. The minimum Gasteiger partial charge on any atom is -0.354 e. The second-order valence-corrected chi connectivity index (χ2v) is 6.06. The van der Waals surface area contributed by atoms with Crippen molar-refractivity contribution in [3.05, 3.63) is 41.6 Å². The summed E-state index contributed by atoms with van der Waals surface area (Å²) in [6.07, 6.45) is 1.02. The fourth-order valence-electron chi connectivity index (χ4n) is 2.27. The molecule has 6 heteroatoms. The Kier molecular flexibility index (Phi) is 6.26. The van der Waals surface area contributed by atoms with Crippen molar-refractivity contribution in [2.24, 2.45) is 0 Å². The van der Waals surface area contributed by atoms with Gasteiger partial charge < -0.3 is 15.5 Å². The zero-order valence-corrected chi connectivity index (χ0v) is 14.8. The van der Waals surface area contributed by atoms with Crippen LogP contribution in [0, 0.1) is 6.92 Å². The normalized spacial score (nSPS) is 10.7. The van der Waals surface area contributed by atoms with Gasteiger partial charge in [-0.2, -0.15) is 4.98 Å². The minimum atomic E-state index is 0.0424. The summed E-state index contributed by atoms with van der Waals surface area (Å²) in [4.78, 5) is 22.5. The van der Waals surface area contributed by atoms with E-state index in [9.17, 15) is 4.79 Å². The van der Waals surface area contributed by atoms with E-state index >= 15 is 0 Å². The predicted molar refractivity (Wildman–Crippen MR) is 98.2 cm³/mol. The summed E-state index contributed by atoms with van der Waals surface area (Å²) in [6.45, 7) is 5.33. The van der Waals surface area contributed by atoms with Crippen LogP contribution in [0.2, 0.25) is 0 Å². The second kappa shape index (κ2) is 8.40. The maximum atomic E-state index is 11.5. The van der Waals surface area contributed by atoms with Gasteiger partial charge in [-0.15, -0.1) is 0 Å². The number of nitrogens with one attached hydrogen (secondary N) is 2. The quantitative estimate of drug-likeness (QED) is 0.573.